The number of nitrogens with zero attached hydrogens (tertiary/aromatic N) is 3. The second kappa shape index (κ2) is 11.9. The Morgan fingerprint density at radius 1 is 1.07 bits per heavy atom. The van der Waals surface area contributed by atoms with Gasteiger partial charge < -0.3 is 14.4 Å². The minimum atomic E-state index is -4.92. The highest BCUT2D eigenvalue weighted by Crippen LogP contribution is 2.41. The number of nitrogens with one attached hydrogen (secondary N) is 1. The molecule has 0 bridgehead atoms. The van der Waals surface area contributed by atoms with Crippen LogP contribution in [0.5, 0.6) is 5.75 Å². The Hall–Kier alpha value is -4.43. The van der Waals surface area contributed by atoms with Crippen LogP contribution in [-0.2, 0) is 38.4 Å². The summed E-state index contributed by atoms with van der Waals surface area (Å²) in [5.74, 6) is -2.61. The number of carbonyl (C=O) groups excluding carboxylic acids is 1. The lowest BCUT2D eigenvalue weighted by atomic mass is 10.1. The number of hydrogen-bond acceptors (Lipinski definition) is 8. The fourth-order valence-corrected chi connectivity index (χ4v) is 6.12. The summed E-state index contributed by atoms with van der Waals surface area (Å²) in [7, 11) is -4.89. The van der Waals surface area contributed by atoms with Crippen LogP contribution in [0, 0.1) is 0 Å². The molecule has 2 unspecified atom stereocenters. The molecule has 4 rings (SSSR count). The topological polar surface area (TPSA) is 169 Å². The van der Waals surface area contributed by atoms with E-state index >= 15 is 0 Å². The van der Waals surface area contributed by atoms with Gasteiger partial charge in [-0.1, -0.05) is 6.07 Å². The third kappa shape index (κ3) is 7.03. The van der Waals surface area contributed by atoms with Crippen molar-refractivity contribution in [2.24, 2.45) is 0 Å². The van der Waals surface area contributed by atoms with Crippen molar-refractivity contribution >= 4 is 50.5 Å². The lowest BCUT2D eigenvalue weighted by molar-refractivity contribution is -0.138. The summed E-state index contributed by atoms with van der Waals surface area (Å²) >= 11 is -3.50. The summed E-state index contributed by atoms with van der Waals surface area (Å²) in [5.41, 5.74) is -3.14. The van der Waals surface area contributed by atoms with Gasteiger partial charge in [-0.15, -0.1) is 0 Å². The van der Waals surface area contributed by atoms with E-state index in [9.17, 15) is 53.1 Å². The highest BCUT2D eigenvalue weighted by Gasteiger charge is 2.39. The molecule has 0 saturated carbocycles. The summed E-state index contributed by atoms with van der Waals surface area (Å²) in [6, 6.07) is 6.73. The van der Waals surface area contributed by atoms with Gasteiger partial charge in [-0.2, -0.15) is 26.3 Å². The van der Waals surface area contributed by atoms with Crippen LogP contribution in [-0.4, -0.2) is 51.9 Å². The SMILES string of the molecule is O=C(O)Nc1ccc2c(c1)N(S(=O)(=O)c1cccc(C(F)(F)F)c1)CC(CC(=O)N(c1cc(C(F)(F)F)ccn1)S(=O)[O-])O2. The molecule has 0 fully saturated rings. The molecular formula is C24H17F6N4O8S2-. The van der Waals surface area contributed by atoms with Crippen LogP contribution < -0.4 is 18.7 Å². The molecule has 0 saturated heterocycles. The summed E-state index contributed by atoms with van der Waals surface area (Å²) in [5, 5.41) is 11.0. The molecule has 1 aromatic heterocycles. The highest BCUT2D eigenvalue weighted by molar-refractivity contribution is 7.92. The van der Waals surface area contributed by atoms with Crippen LogP contribution in [0.15, 0.2) is 65.7 Å². The summed E-state index contributed by atoms with van der Waals surface area (Å²) in [4.78, 5) is 26.8. The first-order chi connectivity index (χ1) is 20.4. The number of ether oxygens (including phenoxy) is 1. The van der Waals surface area contributed by atoms with Crippen LogP contribution in [0.1, 0.15) is 17.5 Å². The Labute approximate surface area is 246 Å². The van der Waals surface area contributed by atoms with Crippen molar-refractivity contribution in [3.63, 3.8) is 0 Å². The van der Waals surface area contributed by atoms with Gasteiger partial charge in [-0.05, 0) is 48.5 Å². The minimum Gasteiger partial charge on any atom is -0.755 e. The van der Waals surface area contributed by atoms with Gasteiger partial charge in [-0.25, -0.2) is 22.5 Å². The number of rotatable bonds is 7. The molecular weight excluding hydrogens is 650 g/mol. The van der Waals surface area contributed by atoms with E-state index in [-0.39, 0.29) is 21.4 Å². The third-order valence-corrected chi connectivity index (χ3v) is 8.41. The van der Waals surface area contributed by atoms with Gasteiger partial charge >= 0.3 is 18.4 Å². The van der Waals surface area contributed by atoms with Gasteiger partial charge in [0.05, 0.1) is 45.9 Å². The number of sulfonamides is 1. The Balaban J connectivity index is 1.73. The standard InChI is InChI=1S/C24H18F6N4O8S2/c25-23(26,27)13-2-1-3-17(8-13)44(40,41)33-12-16(42-19-5-4-15(10-18(19)33)32-22(36)37)11-21(35)34(43(38)39)20-9-14(6-7-31-20)24(28,29)30/h1-10,16,32H,11-12H2,(H,36,37)(H,38,39)/p-1. The average molecular weight is 668 g/mol. The van der Waals surface area contributed by atoms with E-state index in [0.717, 1.165) is 30.3 Å². The maximum atomic E-state index is 13.6. The minimum absolute atomic E-state index is 0.0976. The lowest BCUT2D eigenvalue weighted by Crippen LogP contribution is -2.46. The molecule has 3 aromatic rings. The largest absolute Gasteiger partial charge is 0.755 e. The number of carboxylic acid groups (broad SMARTS) is 1. The molecule has 0 spiro atoms. The number of amides is 2. The summed E-state index contributed by atoms with van der Waals surface area (Å²) < 4.78 is 137. The van der Waals surface area contributed by atoms with Crippen LogP contribution in [0.2, 0.25) is 0 Å². The molecule has 2 amide bonds. The smallest absolute Gasteiger partial charge is 0.416 e. The fraction of sp³-hybridized carbons (Fsp3) is 0.208. The van der Waals surface area contributed by atoms with Gasteiger partial charge in [-0.3, -0.25) is 18.6 Å². The normalized spacial score (nSPS) is 16.0. The third-order valence-electron chi connectivity index (χ3n) is 5.95. The number of hydrogen-bond donors (Lipinski definition) is 2. The summed E-state index contributed by atoms with van der Waals surface area (Å²) in [6.07, 6.45) is -13.3. The molecule has 2 N–H and O–H groups in total. The number of fused-ring (bicyclic) bond motifs is 1. The first-order valence-electron chi connectivity index (χ1n) is 11.8. The number of alkyl halides is 6. The zero-order valence-electron chi connectivity index (χ0n) is 21.5. The van der Waals surface area contributed by atoms with E-state index in [1.54, 1.807) is 0 Å². The van der Waals surface area contributed by atoms with E-state index in [1.165, 1.54) is 0 Å². The molecule has 0 radical (unpaired) electrons. The Morgan fingerprint density at radius 3 is 2.34 bits per heavy atom. The van der Waals surface area contributed by atoms with E-state index in [0.29, 0.717) is 34.8 Å². The lowest BCUT2D eigenvalue weighted by Gasteiger charge is -2.36. The molecule has 1 aliphatic heterocycles. The Bertz CT molecular complexity index is 1740. The van der Waals surface area contributed by atoms with Gasteiger partial charge in [0.2, 0.25) is 5.91 Å². The molecule has 44 heavy (non-hydrogen) atoms. The Morgan fingerprint density at radius 2 is 1.73 bits per heavy atom. The van der Waals surface area contributed by atoms with Gasteiger partial charge in [0, 0.05) is 11.9 Å². The number of halogens is 6. The fourth-order valence-electron chi connectivity index (χ4n) is 4.08. The van der Waals surface area contributed by atoms with Crippen LogP contribution >= 0.6 is 0 Å². The number of carbonyl (C=O) groups is 2. The van der Waals surface area contributed by atoms with E-state index in [1.807, 2.05) is 5.32 Å². The van der Waals surface area contributed by atoms with Gasteiger partial charge in [0.15, 0.2) is 0 Å². The molecule has 2 heterocycles. The zero-order valence-corrected chi connectivity index (χ0v) is 23.1. The van der Waals surface area contributed by atoms with Crippen molar-refractivity contribution in [1.29, 1.82) is 0 Å². The van der Waals surface area contributed by atoms with Crippen molar-refractivity contribution in [2.45, 2.75) is 29.8 Å². The molecule has 20 heteroatoms. The number of benzene rings is 2. The molecule has 12 nitrogen and oxygen atoms in total. The van der Waals surface area contributed by atoms with E-state index in [2.05, 4.69) is 4.98 Å². The maximum absolute atomic E-state index is 13.6. The van der Waals surface area contributed by atoms with E-state index < -0.39 is 86.6 Å². The first kappa shape index (κ1) is 32.5. The number of pyridine rings is 1. The number of anilines is 3. The van der Waals surface area contributed by atoms with Crippen molar-refractivity contribution in [1.82, 2.24) is 4.98 Å². The second-order valence-electron chi connectivity index (χ2n) is 8.92. The molecule has 2 aromatic carbocycles. The van der Waals surface area contributed by atoms with Crippen molar-refractivity contribution in [3.05, 3.63) is 71.9 Å². The average Bonchev–Trinajstić information content (AvgIpc) is 2.91. The van der Waals surface area contributed by atoms with Gasteiger partial charge in [0.25, 0.3) is 10.0 Å². The van der Waals surface area contributed by atoms with Crippen molar-refractivity contribution in [2.75, 3.05) is 20.5 Å². The molecule has 1 aliphatic rings. The Kier molecular flexibility index (Phi) is 8.80. The zero-order chi connectivity index (χ0) is 32.6. The van der Waals surface area contributed by atoms with Crippen LogP contribution in [0.25, 0.3) is 0 Å². The van der Waals surface area contributed by atoms with Crippen molar-refractivity contribution in [3.8, 4) is 5.75 Å². The first-order valence-corrected chi connectivity index (χ1v) is 14.3. The highest BCUT2D eigenvalue weighted by atomic mass is 32.2. The molecule has 2 atom stereocenters. The maximum Gasteiger partial charge on any atom is 0.416 e. The van der Waals surface area contributed by atoms with Crippen molar-refractivity contribution < 1.29 is 63.0 Å². The second-order valence-corrected chi connectivity index (χ2v) is 11.6. The predicted molar refractivity (Wildman–Crippen MR) is 139 cm³/mol. The van der Waals surface area contributed by atoms with E-state index in [4.69, 9.17) is 9.84 Å². The molecule has 236 valence electrons. The molecule has 0 aliphatic carbocycles. The van der Waals surface area contributed by atoms with Gasteiger partial charge in [0.1, 0.15) is 17.7 Å². The predicted octanol–water partition coefficient (Wildman–Crippen LogP) is 4.38. The quantitative estimate of drug-likeness (QED) is 0.274. The van der Waals surface area contributed by atoms with Crippen LogP contribution in [0.4, 0.5) is 48.3 Å². The monoisotopic (exact) mass is 667 g/mol. The summed E-state index contributed by atoms with van der Waals surface area (Å²) in [6.45, 7) is -0.816. The van der Waals surface area contributed by atoms with Crippen LogP contribution in [0.3, 0.4) is 0 Å². The number of aromatic nitrogens is 1.